The average molecular weight is 486 g/mol. The van der Waals surface area contributed by atoms with Crippen LogP contribution in [0.4, 0.5) is 11.5 Å². The smallest absolute Gasteiger partial charge is 0.274 e. The molecule has 11 nitrogen and oxygen atoms in total. The van der Waals surface area contributed by atoms with Crippen LogP contribution < -0.4 is 16.0 Å². The number of nitrogens with one attached hydrogen (secondary N) is 3. The summed E-state index contributed by atoms with van der Waals surface area (Å²) in [6, 6.07) is 10.9. The van der Waals surface area contributed by atoms with Crippen molar-refractivity contribution in [1.29, 1.82) is 0 Å². The Morgan fingerprint density at radius 2 is 2.00 bits per heavy atom. The molecule has 4 aromatic rings. The minimum Gasteiger partial charge on any atom is -0.370 e. The summed E-state index contributed by atoms with van der Waals surface area (Å²) in [5.41, 5.74) is 2.18. The van der Waals surface area contributed by atoms with Crippen molar-refractivity contribution in [3.8, 4) is 11.3 Å². The molecular weight excluding hydrogens is 458 g/mol. The lowest BCUT2D eigenvalue weighted by molar-refractivity contribution is 0.0947. The van der Waals surface area contributed by atoms with Crippen LogP contribution >= 0.6 is 0 Å². The molecule has 0 aromatic carbocycles. The predicted molar refractivity (Wildman–Crippen MR) is 134 cm³/mol. The molecular formula is C25H27N9O2. The van der Waals surface area contributed by atoms with Crippen LogP contribution in [0.25, 0.3) is 11.3 Å². The van der Waals surface area contributed by atoms with Gasteiger partial charge < -0.3 is 16.0 Å². The van der Waals surface area contributed by atoms with Crippen LogP contribution in [0.5, 0.6) is 0 Å². The molecule has 4 aromatic heterocycles. The molecule has 0 unspecified atom stereocenters. The summed E-state index contributed by atoms with van der Waals surface area (Å²) in [6.45, 7) is 1.81. The lowest BCUT2D eigenvalue weighted by Crippen LogP contribution is -2.29. The molecule has 5 rings (SSSR count). The highest BCUT2D eigenvalue weighted by molar-refractivity contribution is 6.07. The Morgan fingerprint density at radius 3 is 2.81 bits per heavy atom. The molecule has 0 atom stereocenters. The highest BCUT2D eigenvalue weighted by Crippen LogP contribution is 2.29. The summed E-state index contributed by atoms with van der Waals surface area (Å²) >= 11 is 0. The van der Waals surface area contributed by atoms with E-state index in [1.165, 1.54) is 17.5 Å². The monoisotopic (exact) mass is 485 g/mol. The number of carbonyl (C=O) groups excluding carboxylic acids is 2. The van der Waals surface area contributed by atoms with Gasteiger partial charge in [0.15, 0.2) is 5.69 Å². The molecule has 11 heteroatoms. The highest BCUT2D eigenvalue weighted by Gasteiger charge is 2.21. The Bertz CT molecular complexity index is 1360. The van der Waals surface area contributed by atoms with Crippen molar-refractivity contribution >= 4 is 23.3 Å². The molecule has 0 saturated heterocycles. The van der Waals surface area contributed by atoms with Crippen LogP contribution in [-0.2, 0) is 13.6 Å². The maximum atomic E-state index is 13.0. The number of amides is 2. The summed E-state index contributed by atoms with van der Waals surface area (Å²) in [5.74, 6) is 0.699. The summed E-state index contributed by atoms with van der Waals surface area (Å²) < 4.78 is 3.20. The molecule has 184 valence electrons. The number of hydrogen-bond acceptors (Lipinski definition) is 7. The van der Waals surface area contributed by atoms with Gasteiger partial charge in [-0.05, 0) is 49.1 Å². The van der Waals surface area contributed by atoms with Crippen molar-refractivity contribution in [3.05, 3.63) is 72.6 Å². The second-order valence-electron chi connectivity index (χ2n) is 8.71. The Kier molecular flexibility index (Phi) is 6.69. The van der Waals surface area contributed by atoms with Gasteiger partial charge in [0.05, 0.1) is 17.9 Å². The third-order valence-corrected chi connectivity index (χ3v) is 5.78. The second kappa shape index (κ2) is 10.4. The number of carbonyl (C=O) groups is 2. The maximum absolute atomic E-state index is 13.0. The standard InChI is InChI=1S/C25H27N9O2/c1-33-16-21(23(32-33)25(36)27-11-13-34-12-3-9-29-34)31-24(35)20-5-2-4-19(30-20)18-8-10-26-22(14-18)28-15-17-6-7-17/h2-5,8-10,12,14,16-17H,6-7,11,13,15H2,1H3,(H,26,28)(H,27,36)(H,31,35). The van der Waals surface area contributed by atoms with Crippen LogP contribution in [-0.4, -0.2) is 54.4 Å². The van der Waals surface area contributed by atoms with Crippen LogP contribution in [0.2, 0.25) is 0 Å². The molecule has 1 aliphatic rings. The molecule has 36 heavy (non-hydrogen) atoms. The number of nitrogens with zero attached hydrogens (tertiary/aromatic N) is 6. The van der Waals surface area contributed by atoms with Gasteiger partial charge in [-0.2, -0.15) is 10.2 Å². The van der Waals surface area contributed by atoms with Gasteiger partial charge in [0.2, 0.25) is 0 Å². The fourth-order valence-corrected chi connectivity index (χ4v) is 3.71. The molecule has 0 bridgehead atoms. The zero-order valence-corrected chi connectivity index (χ0v) is 19.9. The van der Waals surface area contributed by atoms with E-state index in [1.54, 1.807) is 42.5 Å². The zero-order chi connectivity index (χ0) is 24.9. The van der Waals surface area contributed by atoms with Crippen molar-refractivity contribution in [2.45, 2.75) is 19.4 Å². The minimum atomic E-state index is -0.434. The first-order valence-electron chi connectivity index (χ1n) is 11.8. The van der Waals surface area contributed by atoms with Gasteiger partial charge in [0.1, 0.15) is 11.5 Å². The van der Waals surface area contributed by atoms with Gasteiger partial charge in [0, 0.05) is 50.5 Å². The maximum Gasteiger partial charge on any atom is 0.274 e. The topological polar surface area (TPSA) is 132 Å². The van der Waals surface area contributed by atoms with E-state index in [2.05, 4.69) is 36.1 Å². The average Bonchev–Trinajstić information content (AvgIpc) is 3.44. The first-order chi connectivity index (χ1) is 17.5. The van der Waals surface area contributed by atoms with Crippen LogP contribution in [0.15, 0.2) is 61.2 Å². The molecule has 3 N–H and O–H groups in total. The molecule has 1 fully saturated rings. The second-order valence-corrected chi connectivity index (χ2v) is 8.71. The van der Waals surface area contributed by atoms with E-state index >= 15 is 0 Å². The molecule has 0 aliphatic heterocycles. The van der Waals surface area contributed by atoms with E-state index in [4.69, 9.17) is 0 Å². The minimum absolute atomic E-state index is 0.128. The number of pyridine rings is 2. The summed E-state index contributed by atoms with van der Waals surface area (Å²) in [4.78, 5) is 34.6. The SMILES string of the molecule is Cn1cc(NC(=O)c2cccc(-c3ccnc(NCC4CC4)c3)n2)c(C(=O)NCCn2cccn2)n1. The number of rotatable bonds is 10. The normalized spacial score (nSPS) is 12.8. The number of aryl methyl sites for hydroxylation is 1. The van der Waals surface area contributed by atoms with Crippen molar-refractivity contribution in [3.63, 3.8) is 0 Å². The predicted octanol–water partition coefficient (Wildman–Crippen LogP) is 2.58. The first kappa shape index (κ1) is 23.2. The Balaban J connectivity index is 1.26. The van der Waals surface area contributed by atoms with Crippen molar-refractivity contribution in [2.24, 2.45) is 13.0 Å². The molecule has 0 radical (unpaired) electrons. The van der Waals surface area contributed by atoms with Crippen molar-refractivity contribution < 1.29 is 9.59 Å². The zero-order valence-electron chi connectivity index (χ0n) is 19.9. The van der Waals surface area contributed by atoms with E-state index in [9.17, 15) is 9.59 Å². The van der Waals surface area contributed by atoms with Gasteiger partial charge in [-0.3, -0.25) is 19.0 Å². The summed E-state index contributed by atoms with van der Waals surface area (Å²) in [7, 11) is 1.69. The third kappa shape index (κ3) is 5.74. The Labute approximate surface area is 208 Å². The van der Waals surface area contributed by atoms with Crippen LogP contribution in [0.3, 0.4) is 0 Å². The fraction of sp³-hybridized carbons (Fsp3) is 0.280. The summed E-state index contributed by atoms with van der Waals surface area (Å²) in [6.07, 6.45) is 9.33. The lowest BCUT2D eigenvalue weighted by atomic mass is 10.1. The van der Waals surface area contributed by atoms with E-state index in [1.807, 2.05) is 30.5 Å². The van der Waals surface area contributed by atoms with E-state index in [-0.39, 0.29) is 17.3 Å². The van der Waals surface area contributed by atoms with Crippen LogP contribution in [0, 0.1) is 5.92 Å². The number of aromatic nitrogens is 6. The van der Waals surface area contributed by atoms with Gasteiger partial charge >= 0.3 is 0 Å². The number of hydrogen-bond donors (Lipinski definition) is 3. The highest BCUT2D eigenvalue weighted by atomic mass is 16.2. The molecule has 4 heterocycles. The van der Waals surface area contributed by atoms with Gasteiger partial charge in [0.25, 0.3) is 11.8 Å². The first-order valence-corrected chi connectivity index (χ1v) is 11.8. The molecule has 0 spiro atoms. The Hall–Kier alpha value is -4.54. The van der Waals surface area contributed by atoms with Gasteiger partial charge in [-0.15, -0.1) is 0 Å². The largest absolute Gasteiger partial charge is 0.370 e. The van der Waals surface area contributed by atoms with E-state index in [0.29, 0.717) is 24.5 Å². The summed E-state index contributed by atoms with van der Waals surface area (Å²) in [5, 5.41) is 17.3. The third-order valence-electron chi connectivity index (χ3n) is 5.78. The van der Waals surface area contributed by atoms with Crippen LogP contribution in [0.1, 0.15) is 33.8 Å². The van der Waals surface area contributed by atoms with Gasteiger partial charge in [-0.25, -0.2) is 9.97 Å². The van der Waals surface area contributed by atoms with E-state index in [0.717, 1.165) is 23.8 Å². The quantitative estimate of drug-likeness (QED) is 0.315. The van der Waals surface area contributed by atoms with E-state index < -0.39 is 5.91 Å². The number of anilines is 2. The fourth-order valence-electron chi connectivity index (χ4n) is 3.71. The van der Waals surface area contributed by atoms with Crippen molar-refractivity contribution in [2.75, 3.05) is 23.7 Å². The Morgan fingerprint density at radius 1 is 1.11 bits per heavy atom. The lowest BCUT2D eigenvalue weighted by Gasteiger charge is -2.09. The molecule has 1 saturated carbocycles. The van der Waals surface area contributed by atoms with Gasteiger partial charge in [-0.1, -0.05) is 6.07 Å². The van der Waals surface area contributed by atoms with Crippen molar-refractivity contribution in [1.82, 2.24) is 34.8 Å². The molecule has 1 aliphatic carbocycles. The molecule has 2 amide bonds.